The van der Waals surface area contributed by atoms with Crippen LogP contribution in [0, 0.1) is 11.3 Å². The van der Waals surface area contributed by atoms with Crippen LogP contribution in [-0.2, 0) is 57.1 Å². The van der Waals surface area contributed by atoms with E-state index >= 15 is 0 Å². The summed E-state index contributed by atoms with van der Waals surface area (Å²) < 4.78 is 32.4. The van der Waals surface area contributed by atoms with E-state index in [-0.39, 0.29) is 51.2 Å². The van der Waals surface area contributed by atoms with Gasteiger partial charge in [-0.1, -0.05) is 60.2 Å². The molecule has 0 saturated heterocycles. The molecule has 0 aliphatic heterocycles. The first-order valence-electron chi connectivity index (χ1n) is 16.8. The zero-order valence-electron chi connectivity index (χ0n) is 33.1. The van der Waals surface area contributed by atoms with Crippen molar-refractivity contribution < 1.29 is 72.1 Å². The summed E-state index contributed by atoms with van der Waals surface area (Å²) in [6.07, 6.45) is 1.59. The molecule has 0 radical (unpaired) electrons. The largest absolute Gasteiger partial charge is 0.513 e. The number of esters is 5. The Kier molecular flexibility index (Phi) is 29.1. The van der Waals surface area contributed by atoms with E-state index in [1.165, 1.54) is 6.92 Å². The minimum absolute atomic E-state index is 0.0298. The maximum Gasteiger partial charge on any atom is 0.513 e. The predicted molar refractivity (Wildman–Crippen MR) is 200 cm³/mol. The minimum Gasteiger partial charge on any atom is -0.460 e. The molecule has 0 bridgehead atoms. The number of rotatable bonds is 15. The SMILES string of the molecule is C=C(C)C(=O)OC1CCC(C(C)(C)C)CC1O.C=C(C)C(=O)OCCO.C=C(C)C(=O)OCCOC(=O)C(=C)C.C=COC(=O)OCCOC(=O)C(=C)C. The third kappa shape index (κ3) is 28.6. The van der Waals surface area contributed by atoms with E-state index in [0.717, 1.165) is 19.1 Å². The molecule has 1 aliphatic carbocycles. The van der Waals surface area contributed by atoms with Gasteiger partial charge in [0.15, 0.2) is 0 Å². The summed E-state index contributed by atoms with van der Waals surface area (Å²) in [4.78, 5) is 64.9. The van der Waals surface area contributed by atoms with E-state index in [1.54, 1.807) is 27.7 Å². The second-order valence-corrected chi connectivity index (χ2v) is 12.9. The first-order valence-corrected chi connectivity index (χ1v) is 16.8. The van der Waals surface area contributed by atoms with E-state index in [0.29, 0.717) is 40.2 Å². The number of aliphatic hydroxyl groups is 2. The van der Waals surface area contributed by atoms with Crippen LogP contribution in [0.5, 0.6) is 0 Å². The van der Waals surface area contributed by atoms with Crippen molar-refractivity contribution in [2.24, 2.45) is 11.3 Å². The smallest absolute Gasteiger partial charge is 0.460 e. The Labute approximate surface area is 319 Å². The van der Waals surface area contributed by atoms with Gasteiger partial charge in [-0.2, -0.15) is 0 Å². The van der Waals surface area contributed by atoms with E-state index in [2.05, 4.69) is 88.7 Å². The molecule has 1 rings (SSSR count). The molecule has 54 heavy (non-hydrogen) atoms. The lowest BCUT2D eigenvalue weighted by molar-refractivity contribution is -0.155. The first-order chi connectivity index (χ1) is 24.9. The maximum atomic E-state index is 11.4. The van der Waals surface area contributed by atoms with Crippen LogP contribution in [0.15, 0.2) is 73.6 Å². The second-order valence-electron chi connectivity index (χ2n) is 12.9. The topological polar surface area (TPSA) is 207 Å². The highest BCUT2D eigenvalue weighted by Gasteiger charge is 2.36. The molecule has 1 aliphatic rings. The van der Waals surface area contributed by atoms with E-state index in [9.17, 15) is 33.9 Å². The molecule has 2 N–H and O–H groups in total. The van der Waals surface area contributed by atoms with Crippen LogP contribution in [0.1, 0.15) is 74.7 Å². The standard InChI is InChI=1S/C14H24O3.C10H14O4.C9H12O5.C6H10O3/c1-9(2)13(16)17-12-7-6-10(8-11(12)15)14(3,4)5;1-7(2)9(11)13-5-6-14-10(12)8(3)4;1-4-12-9(11)14-6-5-13-8(10)7(2)3;1-5(2)6(8)9-4-3-7/h10-12,15H,1,6-8H2,2-5H3;1,3,5-6H2,2,4H3;4H,1-2,5-6H2,3H3;7H,1,3-4H2,2H3. The Morgan fingerprint density at radius 3 is 1.26 bits per heavy atom. The normalized spacial score (nSPS) is 15.4. The summed E-state index contributed by atoms with van der Waals surface area (Å²) in [6, 6.07) is 0. The van der Waals surface area contributed by atoms with Crippen molar-refractivity contribution in [2.45, 2.75) is 86.9 Å². The van der Waals surface area contributed by atoms with Gasteiger partial charge in [0.2, 0.25) is 0 Å². The lowest BCUT2D eigenvalue weighted by Crippen LogP contribution is -2.40. The molecular formula is C39H60O15. The average molecular weight is 769 g/mol. The number of hydrogen-bond acceptors (Lipinski definition) is 15. The van der Waals surface area contributed by atoms with E-state index < -0.39 is 42.1 Å². The molecule has 15 heteroatoms. The van der Waals surface area contributed by atoms with Gasteiger partial charge < -0.3 is 43.4 Å². The highest BCUT2D eigenvalue weighted by molar-refractivity contribution is 5.88. The van der Waals surface area contributed by atoms with E-state index in [1.807, 2.05) is 0 Å². The molecule has 1 fully saturated rings. The van der Waals surface area contributed by atoms with Crippen molar-refractivity contribution in [3.05, 3.63) is 73.6 Å². The van der Waals surface area contributed by atoms with Crippen molar-refractivity contribution in [2.75, 3.05) is 39.6 Å². The molecular weight excluding hydrogens is 708 g/mol. The molecule has 1 saturated carbocycles. The lowest BCUT2D eigenvalue weighted by atomic mass is 9.71. The van der Waals surface area contributed by atoms with Crippen molar-refractivity contribution in [1.82, 2.24) is 0 Å². The number of carbonyl (C=O) groups excluding carboxylic acids is 6. The van der Waals surface area contributed by atoms with Crippen LogP contribution in [0.3, 0.4) is 0 Å². The van der Waals surface area contributed by atoms with Crippen molar-refractivity contribution in [3.8, 4) is 0 Å². The summed E-state index contributed by atoms with van der Waals surface area (Å²) in [5, 5.41) is 18.2. The summed E-state index contributed by atoms with van der Waals surface area (Å²) in [7, 11) is 0. The van der Waals surface area contributed by atoms with Crippen molar-refractivity contribution in [3.63, 3.8) is 0 Å². The fourth-order valence-electron chi connectivity index (χ4n) is 3.54. The Balaban J connectivity index is -0.000000656. The van der Waals surface area contributed by atoms with E-state index in [4.69, 9.17) is 9.84 Å². The molecule has 3 atom stereocenters. The molecule has 0 amide bonds. The van der Waals surface area contributed by atoms with Crippen LogP contribution < -0.4 is 0 Å². The molecule has 0 aromatic heterocycles. The van der Waals surface area contributed by atoms with Crippen LogP contribution in [-0.4, -0.2) is 98.1 Å². The van der Waals surface area contributed by atoms with Gasteiger partial charge >= 0.3 is 36.0 Å². The van der Waals surface area contributed by atoms with Gasteiger partial charge in [-0.25, -0.2) is 28.8 Å². The number of carbonyl (C=O) groups is 6. The van der Waals surface area contributed by atoms with Gasteiger partial charge in [0.25, 0.3) is 0 Å². The van der Waals surface area contributed by atoms with Crippen LogP contribution >= 0.6 is 0 Å². The Hall–Kier alpha value is -5.02. The van der Waals surface area contributed by atoms with Gasteiger partial charge in [0, 0.05) is 27.9 Å². The summed E-state index contributed by atoms with van der Waals surface area (Å²) in [6.45, 7) is 34.5. The molecule has 0 aromatic rings. The highest BCUT2D eigenvalue weighted by Crippen LogP contribution is 2.38. The van der Waals surface area contributed by atoms with Gasteiger partial charge in [-0.05, 0) is 65.2 Å². The van der Waals surface area contributed by atoms with Gasteiger partial charge in [-0.15, -0.1) is 0 Å². The average Bonchev–Trinajstić information content (AvgIpc) is 3.08. The summed E-state index contributed by atoms with van der Waals surface area (Å²) in [5.74, 6) is -1.87. The molecule has 306 valence electrons. The fraction of sp³-hybridized carbons (Fsp3) is 0.538. The van der Waals surface area contributed by atoms with Gasteiger partial charge in [-0.3, -0.25) is 0 Å². The van der Waals surface area contributed by atoms with Crippen LogP contribution in [0.4, 0.5) is 4.79 Å². The van der Waals surface area contributed by atoms with Crippen molar-refractivity contribution in [1.29, 1.82) is 0 Å². The highest BCUT2D eigenvalue weighted by atomic mass is 16.7. The molecule has 0 aromatic carbocycles. The molecule has 0 heterocycles. The molecule has 15 nitrogen and oxygen atoms in total. The fourth-order valence-corrected chi connectivity index (χ4v) is 3.54. The first kappa shape index (κ1) is 53.3. The van der Waals surface area contributed by atoms with Gasteiger partial charge in [0.1, 0.15) is 39.1 Å². The summed E-state index contributed by atoms with van der Waals surface area (Å²) in [5.41, 5.74) is 1.86. The zero-order valence-corrected chi connectivity index (χ0v) is 33.1. The Bertz CT molecular complexity index is 1290. The second kappa shape index (κ2) is 29.4. The molecule has 3 unspecified atom stereocenters. The van der Waals surface area contributed by atoms with Crippen LogP contribution in [0.25, 0.3) is 0 Å². The maximum absolute atomic E-state index is 11.4. The predicted octanol–water partition coefficient (Wildman–Crippen LogP) is 5.41. The monoisotopic (exact) mass is 768 g/mol. The number of aliphatic hydroxyl groups excluding tert-OH is 2. The number of hydrogen-bond donors (Lipinski definition) is 2. The zero-order chi connectivity index (χ0) is 42.6. The Morgan fingerprint density at radius 2 is 0.963 bits per heavy atom. The quantitative estimate of drug-likeness (QED) is 0.0702. The summed E-state index contributed by atoms with van der Waals surface area (Å²) >= 11 is 0. The molecule has 0 spiro atoms. The minimum atomic E-state index is -0.883. The lowest BCUT2D eigenvalue weighted by Gasteiger charge is -2.39. The van der Waals surface area contributed by atoms with Crippen LogP contribution in [0.2, 0.25) is 0 Å². The Morgan fingerprint density at radius 1 is 0.611 bits per heavy atom. The third-order valence-electron chi connectivity index (χ3n) is 6.57. The van der Waals surface area contributed by atoms with Crippen molar-refractivity contribution >= 4 is 36.0 Å². The number of ether oxygens (including phenoxy) is 7. The van der Waals surface area contributed by atoms with Gasteiger partial charge in [0.05, 0.1) is 19.0 Å². The third-order valence-corrected chi connectivity index (χ3v) is 6.57.